The molecular formula is C16H12ClN3O4. The van der Waals surface area contributed by atoms with Gasteiger partial charge in [0.25, 0.3) is 0 Å². The highest BCUT2D eigenvalue weighted by molar-refractivity contribution is 6.31. The number of rotatable bonds is 4. The van der Waals surface area contributed by atoms with Gasteiger partial charge in [0, 0.05) is 11.2 Å². The Morgan fingerprint density at radius 3 is 2.83 bits per heavy atom. The molecule has 3 aromatic rings. The van der Waals surface area contributed by atoms with Crippen molar-refractivity contribution in [3.05, 3.63) is 73.6 Å². The molecule has 0 spiro atoms. The summed E-state index contributed by atoms with van der Waals surface area (Å²) in [5.74, 6) is -0.0212. The zero-order valence-electron chi connectivity index (χ0n) is 12.6. The van der Waals surface area contributed by atoms with Gasteiger partial charge in [-0.15, -0.1) is 0 Å². The van der Waals surface area contributed by atoms with Gasteiger partial charge in [-0.1, -0.05) is 24.6 Å². The maximum Gasteiger partial charge on any atom is 0.396 e. The summed E-state index contributed by atoms with van der Waals surface area (Å²) in [5.41, 5.74) is -0.431. The number of fused-ring (bicyclic) bond motifs is 1. The van der Waals surface area contributed by atoms with Crippen LogP contribution in [0.4, 0.5) is 5.69 Å². The van der Waals surface area contributed by atoms with Gasteiger partial charge in [-0.05, 0) is 42.3 Å². The van der Waals surface area contributed by atoms with Crippen molar-refractivity contribution in [1.82, 2.24) is 9.38 Å². The van der Waals surface area contributed by atoms with Crippen molar-refractivity contribution < 1.29 is 9.66 Å². The maximum absolute atomic E-state index is 12.3. The normalized spacial score (nSPS) is 10.8. The lowest BCUT2D eigenvalue weighted by Gasteiger charge is -2.09. The molecule has 8 heteroatoms. The van der Waals surface area contributed by atoms with E-state index in [-0.39, 0.29) is 11.5 Å². The molecule has 0 atom stereocenters. The highest BCUT2D eigenvalue weighted by Gasteiger charge is 2.25. The Bertz CT molecular complexity index is 1000. The third-order valence-corrected chi connectivity index (χ3v) is 3.84. The first-order chi connectivity index (χ1) is 11.5. The molecule has 3 rings (SSSR count). The van der Waals surface area contributed by atoms with Crippen molar-refractivity contribution >= 4 is 22.9 Å². The van der Waals surface area contributed by atoms with Crippen LogP contribution in [0.1, 0.15) is 12.5 Å². The largest absolute Gasteiger partial charge is 0.433 e. The quantitative estimate of drug-likeness (QED) is 0.532. The number of benzene rings is 1. The van der Waals surface area contributed by atoms with E-state index >= 15 is 0 Å². The van der Waals surface area contributed by atoms with Crippen LogP contribution in [0, 0.1) is 10.1 Å². The molecule has 0 bridgehead atoms. The van der Waals surface area contributed by atoms with E-state index in [1.165, 1.54) is 6.20 Å². The molecule has 0 aliphatic rings. The smallest absolute Gasteiger partial charge is 0.396 e. The summed E-state index contributed by atoms with van der Waals surface area (Å²) in [6.45, 7) is 1.92. The van der Waals surface area contributed by atoms with E-state index in [0.717, 1.165) is 9.96 Å². The Balaban J connectivity index is 2.17. The summed E-state index contributed by atoms with van der Waals surface area (Å²) < 4.78 is 6.63. The molecule has 2 aromatic heterocycles. The molecule has 24 heavy (non-hydrogen) atoms. The predicted octanol–water partition coefficient (Wildman–Crippen LogP) is 3.61. The van der Waals surface area contributed by atoms with Crippen LogP contribution >= 0.6 is 11.6 Å². The third kappa shape index (κ3) is 2.81. The molecule has 0 N–H and O–H groups in total. The molecule has 0 aliphatic carbocycles. The molecule has 0 amide bonds. The second-order valence-electron chi connectivity index (χ2n) is 4.97. The Hall–Kier alpha value is -2.93. The van der Waals surface area contributed by atoms with E-state index in [4.69, 9.17) is 16.3 Å². The van der Waals surface area contributed by atoms with E-state index in [2.05, 4.69) is 4.98 Å². The minimum atomic E-state index is -0.801. The van der Waals surface area contributed by atoms with Gasteiger partial charge in [0.05, 0.1) is 4.92 Å². The van der Waals surface area contributed by atoms with Crippen molar-refractivity contribution in [3.8, 4) is 11.6 Å². The highest BCUT2D eigenvalue weighted by atomic mass is 35.5. The molecule has 7 nitrogen and oxygen atoms in total. The van der Waals surface area contributed by atoms with Crippen molar-refractivity contribution in [2.24, 2.45) is 0 Å². The average molecular weight is 346 g/mol. The Morgan fingerprint density at radius 1 is 1.33 bits per heavy atom. The predicted molar refractivity (Wildman–Crippen MR) is 89.0 cm³/mol. The Kier molecular flexibility index (Phi) is 4.18. The summed E-state index contributed by atoms with van der Waals surface area (Å²) >= 11 is 6.05. The first-order valence-corrected chi connectivity index (χ1v) is 7.51. The summed E-state index contributed by atoms with van der Waals surface area (Å²) in [6, 6.07) is 9.70. The van der Waals surface area contributed by atoms with Gasteiger partial charge in [0.15, 0.2) is 0 Å². The average Bonchev–Trinajstić information content (AvgIpc) is 2.56. The van der Waals surface area contributed by atoms with Gasteiger partial charge < -0.3 is 4.74 Å². The van der Waals surface area contributed by atoms with E-state index in [9.17, 15) is 14.9 Å². The van der Waals surface area contributed by atoms with Crippen LogP contribution in [0.3, 0.4) is 0 Å². The van der Waals surface area contributed by atoms with Crippen LogP contribution in [0.2, 0.25) is 5.02 Å². The van der Waals surface area contributed by atoms with Gasteiger partial charge in [-0.25, -0.2) is 0 Å². The van der Waals surface area contributed by atoms with Gasteiger partial charge in [0.1, 0.15) is 11.4 Å². The van der Waals surface area contributed by atoms with Crippen LogP contribution in [-0.4, -0.2) is 14.3 Å². The van der Waals surface area contributed by atoms with Crippen molar-refractivity contribution in [2.45, 2.75) is 13.3 Å². The van der Waals surface area contributed by atoms with Gasteiger partial charge in [0.2, 0.25) is 0 Å². The number of aryl methyl sites for hydroxylation is 1. The molecular weight excluding hydrogens is 334 g/mol. The topological polar surface area (TPSA) is 86.7 Å². The number of pyridine rings is 1. The standard InChI is InChI=1S/C16H12ClN3O4/c1-2-10-9-11(6-7-12(10)17)24-15-14(20(22)23)16(21)19-8-4-3-5-13(19)18-15/h3-9H,2H2,1H3. The molecule has 1 aromatic carbocycles. The lowest BCUT2D eigenvalue weighted by atomic mass is 10.1. The molecule has 0 aliphatic heterocycles. The summed E-state index contributed by atoms with van der Waals surface area (Å²) in [4.78, 5) is 26.9. The van der Waals surface area contributed by atoms with Crippen molar-refractivity contribution in [1.29, 1.82) is 0 Å². The zero-order chi connectivity index (χ0) is 17.3. The van der Waals surface area contributed by atoms with Crippen LogP contribution in [-0.2, 0) is 6.42 Å². The fourth-order valence-corrected chi connectivity index (χ4v) is 2.54. The summed E-state index contributed by atoms with van der Waals surface area (Å²) in [7, 11) is 0. The number of hydrogen-bond donors (Lipinski definition) is 0. The van der Waals surface area contributed by atoms with E-state index in [0.29, 0.717) is 17.2 Å². The minimum Gasteiger partial charge on any atom is -0.433 e. The number of halogens is 1. The van der Waals surface area contributed by atoms with E-state index in [1.807, 2.05) is 6.92 Å². The van der Waals surface area contributed by atoms with Gasteiger partial charge in [-0.3, -0.25) is 19.3 Å². The van der Waals surface area contributed by atoms with E-state index in [1.54, 1.807) is 36.4 Å². The molecule has 0 saturated carbocycles. The summed E-state index contributed by atoms with van der Waals surface area (Å²) in [5, 5.41) is 11.9. The number of nitrogens with zero attached hydrogens (tertiary/aromatic N) is 3. The Labute approximate surface area is 141 Å². The van der Waals surface area contributed by atoms with Crippen LogP contribution in [0.25, 0.3) is 5.65 Å². The molecule has 0 fully saturated rings. The first kappa shape index (κ1) is 15.9. The number of nitro groups is 1. The van der Waals surface area contributed by atoms with Crippen LogP contribution < -0.4 is 10.3 Å². The first-order valence-electron chi connectivity index (χ1n) is 7.13. The molecule has 122 valence electrons. The zero-order valence-corrected chi connectivity index (χ0v) is 13.4. The van der Waals surface area contributed by atoms with Gasteiger partial charge >= 0.3 is 17.1 Å². The minimum absolute atomic E-state index is 0.257. The lowest BCUT2D eigenvalue weighted by molar-refractivity contribution is -0.387. The number of aromatic nitrogens is 2. The van der Waals surface area contributed by atoms with Crippen molar-refractivity contribution in [3.63, 3.8) is 0 Å². The highest BCUT2D eigenvalue weighted by Crippen LogP contribution is 2.29. The molecule has 0 unspecified atom stereocenters. The molecule has 2 heterocycles. The monoisotopic (exact) mass is 345 g/mol. The summed E-state index contributed by atoms with van der Waals surface area (Å²) in [6.07, 6.45) is 2.09. The fraction of sp³-hybridized carbons (Fsp3) is 0.125. The third-order valence-electron chi connectivity index (χ3n) is 3.47. The number of ether oxygens (including phenoxy) is 1. The second-order valence-corrected chi connectivity index (χ2v) is 5.37. The Morgan fingerprint density at radius 2 is 2.12 bits per heavy atom. The maximum atomic E-state index is 12.3. The van der Waals surface area contributed by atoms with Crippen molar-refractivity contribution in [2.75, 3.05) is 0 Å². The fourth-order valence-electron chi connectivity index (χ4n) is 2.28. The molecule has 0 saturated heterocycles. The van der Waals surface area contributed by atoms with Crippen LogP contribution in [0.15, 0.2) is 47.4 Å². The lowest BCUT2D eigenvalue weighted by Crippen LogP contribution is -2.19. The molecule has 0 radical (unpaired) electrons. The number of hydrogen-bond acceptors (Lipinski definition) is 5. The SMILES string of the molecule is CCc1cc(Oc2nc3ccccn3c(=O)c2[N+](=O)[O-])ccc1Cl. The second kappa shape index (κ2) is 6.29. The van der Waals surface area contributed by atoms with Crippen LogP contribution in [0.5, 0.6) is 11.6 Å². The van der Waals surface area contributed by atoms with E-state index < -0.39 is 16.2 Å². The van der Waals surface area contributed by atoms with Gasteiger partial charge in [-0.2, -0.15) is 4.98 Å².